The number of carbonyl (C=O) groups is 2. The van der Waals surface area contributed by atoms with Crippen LogP contribution in [0.3, 0.4) is 0 Å². The number of likely N-dealkylation sites (tertiary alicyclic amines) is 1. The van der Waals surface area contributed by atoms with Gasteiger partial charge in [-0.2, -0.15) is 0 Å². The lowest BCUT2D eigenvalue weighted by molar-refractivity contribution is -0.124. The average Bonchev–Trinajstić information content (AvgIpc) is 2.88. The van der Waals surface area contributed by atoms with E-state index in [4.69, 9.17) is 0 Å². The Kier molecular flexibility index (Phi) is 4.56. The molecule has 1 amide bonds. The summed E-state index contributed by atoms with van der Waals surface area (Å²) in [5, 5.41) is 0. The number of benzene rings is 2. The fraction of sp³-hybridized carbons (Fsp3) is 0.364. The fourth-order valence-corrected chi connectivity index (χ4v) is 4.53. The first-order chi connectivity index (χ1) is 13.0. The molecule has 0 bridgehead atoms. The molecule has 2 aliphatic rings. The Labute approximate surface area is 158 Å². The topological polar surface area (TPSA) is 40.6 Å². The number of hydrogen-bond acceptors (Lipinski definition) is 3. The molecule has 0 N–H and O–H groups in total. The van der Waals surface area contributed by atoms with E-state index in [1.54, 1.807) is 17.0 Å². The zero-order valence-corrected chi connectivity index (χ0v) is 15.4. The second-order valence-corrected chi connectivity index (χ2v) is 7.60. The van der Waals surface area contributed by atoms with E-state index in [0.717, 1.165) is 13.1 Å². The first kappa shape index (κ1) is 17.9. The molecule has 2 heterocycles. The van der Waals surface area contributed by atoms with Crippen LogP contribution in [0.1, 0.15) is 31.7 Å². The second-order valence-electron chi connectivity index (χ2n) is 7.60. The monoisotopic (exact) mass is 366 g/mol. The smallest absolute Gasteiger partial charge is 0.235 e. The maximum absolute atomic E-state index is 13.8. The van der Waals surface area contributed by atoms with Gasteiger partial charge in [0.15, 0.2) is 5.78 Å². The molecule has 2 atom stereocenters. The highest BCUT2D eigenvalue weighted by Gasteiger charge is 2.55. The van der Waals surface area contributed by atoms with Gasteiger partial charge in [-0.25, -0.2) is 4.39 Å². The minimum Gasteiger partial charge on any atom is -0.299 e. The van der Waals surface area contributed by atoms with Gasteiger partial charge in [0, 0.05) is 24.8 Å². The summed E-state index contributed by atoms with van der Waals surface area (Å²) in [6.45, 7) is 3.64. The second kappa shape index (κ2) is 6.89. The number of ketones is 1. The van der Waals surface area contributed by atoms with E-state index in [1.165, 1.54) is 17.7 Å². The molecule has 2 aromatic carbocycles. The Hall–Kier alpha value is -2.53. The third kappa shape index (κ3) is 3.16. The predicted octanol–water partition coefficient (Wildman–Crippen LogP) is 3.55. The number of amides is 1. The highest BCUT2D eigenvalue weighted by atomic mass is 19.1. The van der Waals surface area contributed by atoms with Crippen molar-refractivity contribution in [1.29, 1.82) is 0 Å². The highest BCUT2D eigenvalue weighted by Crippen LogP contribution is 2.42. The zero-order chi connectivity index (χ0) is 19.0. The fourth-order valence-electron chi connectivity index (χ4n) is 4.53. The van der Waals surface area contributed by atoms with Crippen LogP contribution in [0.4, 0.5) is 10.1 Å². The number of anilines is 1. The molecule has 2 unspecified atom stereocenters. The minimum absolute atomic E-state index is 0.0389. The normalized spacial score (nSPS) is 26.1. The van der Waals surface area contributed by atoms with Crippen LogP contribution in [-0.2, 0) is 16.1 Å². The van der Waals surface area contributed by atoms with Crippen LogP contribution >= 0.6 is 0 Å². The van der Waals surface area contributed by atoms with Crippen LogP contribution in [0.25, 0.3) is 0 Å². The zero-order valence-electron chi connectivity index (χ0n) is 15.4. The lowest BCUT2D eigenvalue weighted by Crippen LogP contribution is -2.59. The first-order valence-corrected chi connectivity index (χ1v) is 9.39. The standard InChI is InChI=1S/C22H23FN2O2/c1-16-14-22(10-11-24(16)15-17-6-3-2-4-7-17)20(26)13-21(27)25(22)19-9-5-8-18(23)12-19/h2-9,12,16H,10-11,13-15H2,1H3. The van der Waals surface area contributed by atoms with Crippen molar-refractivity contribution < 1.29 is 14.0 Å². The van der Waals surface area contributed by atoms with Gasteiger partial charge in [0.2, 0.25) is 5.91 Å². The molecule has 4 rings (SSSR count). The lowest BCUT2D eigenvalue weighted by atomic mass is 9.80. The van der Waals surface area contributed by atoms with Crippen molar-refractivity contribution >= 4 is 17.4 Å². The largest absolute Gasteiger partial charge is 0.299 e. The summed E-state index contributed by atoms with van der Waals surface area (Å²) in [5.41, 5.74) is 0.864. The van der Waals surface area contributed by atoms with Crippen molar-refractivity contribution in [3.05, 3.63) is 66.0 Å². The van der Waals surface area contributed by atoms with E-state index in [-0.39, 0.29) is 24.2 Å². The lowest BCUT2D eigenvalue weighted by Gasteiger charge is -2.47. The van der Waals surface area contributed by atoms with E-state index < -0.39 is 11.4 Å². The summed E-state index contributed by atoms with van der Waals surface area (Å²) in [5.74, 6) is -0.665. The molecule has 2 fully saturated rings. The van der Waals surface area contributed by atoms with Crippen molar-refractivity contribution in [2.75, 3.05) is 11.4 Å². The van der Waals surface area contributed by atoms with Gasteiger partial charge >= 0.3 is 0 Å². The summed E-state index contributed by atoms with van der Waals surface area (Å²) in [6.07, 6.45) is 1.05. The summed E-state index contributed by atoms with van der Waals surface area (Å²) < 4.78 is 13.8. The molecular weight excluding hydrogens is 343 g/mol. The molecule has 1 spiro atoms. The number of hydrogen-bond donors (Lipinski definition) is 0. The molecule has 0 saturated carbocycles. The van der Waals surface area contributed by atoms with Crippen LogP contribution in [-0.4, -0.2) is 34.7 Å². The molecule has 5 heteroatoms. The number of nitrogens with zero attached hydrogens (tertiary/aromatic N) is 2. The SMILES string of the molecule is CC1CC2(CCN1Cc1ccccc1)C(=O)CC(=O)N2c1cccc(F)c1. The van der Waals surface area contributed by atoms with Crippen LogP contribution in [0, 0.1) is 5.82 Å². The van der Waals surface area contributed by atoms with Gasteiger partial charge in [0.1, 0.15) is 11.4 Å². The van der Waals surface area contributed by atoms with Crippen molar-refractivity contribution in [2.24, 2.45) is 0 Å². The van der Waals surface area contributed by atoms with Crippen LogP contribution in [0.15, 0.2) is 54.6 Å². The Morgan fingerprint density at radius 2 is 1.89 bits per heavy atom. The van der Waals surface area contributed by atoms with E-state index in [0.29, 0.717) is 18.5 Å². The molecule has 2 aromatic rings. The van der Waals surface area contributed by atoms with Crippen LogP contribution < -0.4 is 4.90 Å². The number of rotatable bonds is 3. The Morgan fingerprint density at radius 3 is 2.59 bits per heavy atom. The van der Waals surface area contributed by atoms with Gasteiger partial charge in [-0.05, 0) is 43.5 Å². The summed E-state index contributed by atoms with van der Waals surface area (Å²) in [4.78, 5) is 29.4. The Morgan fingerprint density at radius 1 is 1.11 bits per heavy atom. The summed E-state index contributed by atoms with van der Waals surface area (Å²) >= 11 is 0. The molecule has 2 saturated heterocycles. The van der Waals surface area contributed by atoms with Gasteiger partial charge in [-0.3, -0.25) is 19.4 Å². The van der Waals surface area contributed by atoms with Gasteiger partial charge in [0.25, 0.3) is 0 Å². The van der Waals surface area contributed by atoms with Crippen LogP contribution in [0.2, 0.25) is 0 Å². The third-order valence-corrected chi connectivity index (χ3v) is 5.87. The maximum Gasteiger partial charge on any atom is 0.235 e. The molecule has 0 radical (unpaired) electrons. The minimum atomic E-state index is -0.850. The van der Waals surface area contributed by atoms with Gasteiger partial charge in [-0.15, -0.1) is 0 Å². The Balaban J connectivity index is 1.60. The predicted molar refractivity (Wildman–Crippen MR) is 102 cm³/mol. The average molecular weight is 366 g/mol. The van der Waals surface area contributed by atoms with E-state index in [2.05, 4.69) is 24.0 Å². The van der Waals surface area contributed by atoms with Gasteiger partial charge in [0.05, 0.1) is 6.42 Å². The third-order valence-electron chi connectivity index (χ3n) is 5.87. The number of piperidine rings is 1. The highest BCUT2D eigenvalue weighted by molar-refractivity contribution is 6.19. The van der Waals surface area contributed by atoms with Gasteiger partial charge < -0.3 is 0 Å². The van der Waals surface area contributed by atoms with Crippen molar-refractivity contribution in [1.82, 2.24) is 4.90 Å². The molecule has 0 aliphatic carbocycles. The number of Topliss-reactive ketones (excluding diaryl/α,β-unsaturated/α-hetero) is 1. The molecule has 140 valence electrons. The summed E-state index contributed by atoms with van der Waals surface area (Å²) in [7, 11) is 0. The van der Waals surface area contributed by atoms with E-state index in [9.17, 15) is 14.0 Å². The molecule has 0 aromatic heterocycles. The van der Waals surface area contributed by atoms with E-state index in [1.807, 2.05) is 18.2 Å². The summed E-state index contributed by atoms with van der Waals surface area (Å²) in [6, 6.07) is 16.4. The maximum atomic E-state index is 13.8. The van der Waals surface area contributed by atoms with Crippen molar-refractivity contribution in [3.8, 4) is 0 Å². The molecule has 27 heavy (non-hydrogen) atoms. The molecular formula is C22H23FN2O2. The van der Waals surface area contributed by atoms with Crippen molar-refractivity contribution in [2.45, 2.75) is 44.3 Å². The first-order valence-electron chi connectivity index (χ1n) is 9.39. The Bertz CT molecular complexity index is 870. The molecule has 4 nitrogen and oxygen atoms in total. The quantitative estimate of drug-likeness (QED) is 0.780. The van der Waals surface area contributed by atoms with Crippen LogP contribution in [0.5, 0.6) is 0 Å². The van der Waals surface area contributed by atoms with E-state index >= 15 is 0 Å². The molecule has 2 aliphatic heterocycles. The number of carbonyl (C=O) groups excluding carboxylic acids is 2. The van der Waals surface area contributed by atoms with Gasteiger partial charge in [-0.1, -0.05) is 36.4 Å². The van der Waals surface area contributed by atoms with Crippen molar-refractivity contribution in [3.63, 3.8) is 0 Å². The number of halogens is 1.